The number of benzene rings is 2. The van der Waals surface area contributed by atoms with Gasteiger partial charge >= 0.3 is 0 Å². The summed E-state index contributed by atoms with van der Waals surface area (Å²) in [5.74, 6) is -2.77. The van der Waals surface area contributed by atoms with E-state index in [1.807, 2.05) is 64.0 Å². The zero-order valence-corrected chi connectivity index (χ0v) is 21.6. The Balaban J connectivity index is 1.92. The number of halogens is 4. The molecule has 4 rings (SSSR count). The van der Waals surface area contributed by atoms with Gasteiger partial charge in [0.1, 0.15) is 23.3 Å². The van der Waals surface area contributed by atoms with Crippen molar-refractivity contribution in [1.29, 1.82) is 0 Å². The maximum absolute atomic E-state index is 14.7. The smallest absolute Gasteiger partial charge is 0.135 e. The van der Waals surface area contributed by atoms with Gasteiger partial charge < -0.3 is 9.80 Å². The standard InChI is InChI=1S/C29H28F4N4/c1-29(2,27-15-19(36(3)4)13-25(34-27)21-9-7-17(30)11-23(21)32)28-16-20(37(5)6)14-26(35-28)22-10-8-18(31)12-24(22)33/h7-16H,1-6H3. The summed E-state index contributed by atoms with van der Waals surface area (Å²) in [5.41, 5.74) is 2.95. The Morgan fingerprint density at radius 3 is 1.27 bits per heavy atom. The third-order valence-electron chi connectivity index (χ3n) is 6.35. The van der Waals surface area contributed by atoms with Crippen LogP contribution in [0.15, 0.2) is 60.7 Å². The Kier molecular flexibility index (Phi) is 6.95. The fourth-order valence-electron chi connectivity index (χ4n) is 3.99. The van der Waals surface area contributed by atoms with Gasteiger partial charge in [0.15, 0.2) is 0 Å². The Labute approximate surface area is 214 Å². The maximum atomic E-state index is 14.7. The fourth-order valence-corrected chi connectivity index (χ4v) is 3.99. The molecule has 2 aromatic heterocycles. The summed E-state index contributed by atoms with van der Waals surface area (Å²) in [4.78, 5) is 13.3. The van der Waals surface area contributed by atoms with Crippen molar-refractivity contribution < 1.29 is 17.6 Å². The predicted molar refractivity (Wildman–Crippen MR) is 140 cm³/mol. The third kappa shape index (κ3) is 5.28. The Morgan fingerprint density at radius 1 is 0.568 bits per heavy atom. The number of hydrogen-bond donors (Lipinski definition) is 0. The Morgan fingerprint density at radius 2 is 0.946 bits per heavy atom. The molecule has 37 heavy (non-hydrogen) atoms. The van der Waals surface area contributed by atoms with Crippen LogP contribution in [0.2, 0.25) is 0 Å². The van der Waals surface area contributed by atoms with E-state index in [4.69, 9.17) is 9.97 Å². The van der Waals surface area contributed by atoms with Crippen LogP contribution in [-0.4, -0.2) is 38.2 Å². The highest BCUT2D eigenvalue weighted by atomic mass is 19.1. The predicted octanol–water partition coefficient (Wildman–Crippen LogP) is 6.82. The van der Waals surface area contributed by atoms with Crippen molar-refractivity contribution in [3.63, 3.8) is 0 Å². The molecule has 0 fully saturated rings. The van der Waals surface area contributed by atoms with Crippen LogP contribution < -0.4 is 9.80 Å². The molecular formula is C29H28F4N4. The summed E-state index contributed by atoms with van der Waals surface area (Å²) in [7, 11) is 7.43. The van der Waals surface area contributed by atoms with Crippen molar-refractivity contribution in [3.05, 3.63) is 95.3 Å². The molecule has 0 aliphatic heterocycles. The van der Waals surface area contributed by atoms with Gasteiger partial charge in [0.25, 0.3) is 0 Å². The Bertz CT molecular complexity index is 1360. The summed E-state index contributed by atoms with van der Waals surface area (Å²) in [6.45, 7) is 3.85. The van der Waals surface area contributed by atoms with E-state index in [1.54, 1.807) is 12.1 Å². The van der Waals surface area contributed by atoms with E-state index in [1.165, 1.54) is 24.3 Å². The van der Waals surface area contributed by atoms with Crippen LogP contribution in [0.3, 0.4) is 0 Å². The first-order chi connectivity index (χ1) is 17.4. The molecule has 2 heterocycles. The fraction of sp³-hybridized carbons (Fsp3) is 0.241. The van der Waals surface area contributed by atoms with Gasteiger partial charge in [-0.3, -0.25) is 9.97 Å². The van der Waals surface area contributed by atoms with Gasteiger partial charge in [-0.1, -0.05) is 0 Å². The molecule has 0 saturated heterocycles. The van der Waals surface area contributed by atoms with Crippen molar-refractivity contribution in [2.24, 2.45) is 0 Å². The molecule has 0 N–H and O–H groups in total. The molecule has 0 aliphatic carbocycles. The number of hydrogen-bond acceptors (Lipinski definition) is 4. The summed E-state index contributed by atoms with van der Waals surface area (Å²) < 4.78 is 56.5. The normalized spacial score (nSPS) is 11.5. The largest absolute Gasteiger partial charge is 0.378 e. The zero-order chi connectivity index (χ0) is 27.1. The number of pyridine rings is 2. The van der Waals surface area contributed by atoms with Crippen LogP contribution in [0.4, 0.5) is 28.9 Å². The van der Waals surface area contributed by atoms with Crippen LogP contribution in [0.25, 0.3) is 22.5 Å². The van der Waals surface area contributed by atoms with Crippen molar-refractivity contribution in [3.8, 4) is 22.5 Å². The molecule has 0 atom stereocenters. The van der Waals surface area contributed by atoms with Gasteiger partial charge in [-0.25, -0.2) is 17.6 Å². The molecule has 192 valence electrons. The van der Waals surface area contributed by atoms with E-state index < -0.39 is 28.7 Å². The minimum atomic E-state index is -0.811. The molecule has 2 aromatic carbocycles. The summed E-state index contributed by atoms with van der Waals surface area (Å²) in [6.07, 6.45) is 0. The first-order valence-corrected chi connectivity index (χ1v) is 11.7. The van der Waals surface area contributed by atoms with Crippen LogP contribution in [-0.2, 0) is 5.41 Å². The van der Waals surface area contributed by atoms with Crippen molar-refractivity contribution in [2.45, 2.75) is 19.3 Å². The molecule has 0 amide bonds. The highest BCUT2D eigenvalue weighted by Crippen LogP contribution is 2.37. The Hall–Kier alpha value is -3.94. The van der Waals surface area contributed by atoms with Gasteiger partial charge in [-0.2, -0.15) is 0 Å². The van der Waals surface area contributed by atoms with E-state index in [0.717, 1.165) is 23.5 Å². The second-order valence-corrected chi connectivity index (χ2v) is 9.85. The van der Waals surface area contributed by atoms with Crippen LogP contribution in [0.1, 0.15) is 25.2 Å². The molecule has 0 bridgehead atoms. The molecular weight excluding hydrogens is 480 g/mol. The number of nitrogens with zero attached hydrogens (tertiary/aromatic N) is 4. The van der Waals surface area contributed by atoms with Crippen molar-refractivity contribution in [2.75, 3.05) is 38.0 Å². The number of anilines is 2. The average Bonchev–Trinajstić information content (AvgIpc) is 2.83. The molecule has 0 spiro atoms. The third-order valence-corrected chi connectivity index (χ3v) is 6.35. The molecule has 8 heteroatoms. The lowest BCUT2D eigenvalue weighted by atomic mass is 9.83. The zero-order valence-electron chi connectivity index (χ0n) is 21.6. The SMILES string of the molecule is CN(C)c1cc(-c2ccc(F)cc2F)nc(C(C)(C)c2cc(N(C)C)cc(-c3ccc(F)cc3F)n2)c1. The van der Waals surface area contributed by atoms with Crippen molar-refractivity contribution in [1.82, 2.24) is 9.97 Å². The van der Waals surface area contributed by atoms with Crippen LogP contribution in [0.5, 0.6) is 0 Å². The minimum absolute atomic E-state index is 0.172. The van der Waals surface area contributed by atoms with Gasteiger partial charge in [0.2, 0.25) is 0 Å². The summed E-state index contributed by atoms with van der Waals surface area (Å²) in [6, 6.07) is 14.0. The van der Waals surface area contributed by atoms with E-state index in [0.29, 0.717) is 22.8 Å². The van der Waals surface area contributed by atoms with Gasteiger partial charge in [0.05, 0.1) is 22.8 Å². The average molecular weight is 509 g/mol. The molecule has 0 unspecified atom stereocenters. The van der Waals surface area contributed by atoms with Gasteiger partial charge in [-0.15, -0.1) is 0 Å². The summed E-state index contributed by atoms with van der Waals surface area (Å²) in [5, 5.41) is 0. The monoisotopic (exact) mass is 508 g/mol. The lowest BCUT2D eigenvalue weighted by molar-refractivity contribution is 0.582. The van der Waals surface area contributed by atoms with Crippen LogP contribution in [0, 0.1) is 23.3 Å². The quantitative estimate of drug-likeness (QED) is 0.268. The number of rotatable bonds is 6. The highest BCUT2D eigenvalue weighted by molar-refractivity contribution is 5.68. The molecule has 4 aromatic rings. The lowest BCUT2D eigenvalue weighted by Crippen LogP contribution is -2.24. The minimum Gasteiger partial charge on any atom is -0.378 e. The second-order valence-electron chi connectivity index (χ2n) is 9.85. The second kappa shape index (κ2) is 9.84. The van der Waals surface area contributed by atoms with E-state index in [9.17, 15) is 17.6 Å². The van der Waals surface area contributed by atoms with E-state index in [2.05, 4.69) is 0 Å². The first-order valence-electron chi connectivity index (χ1n) is 11.7. The highest BCUT2D eigenvalue weighted by Gasteiger charge is 2.30. The topological polar surface area (TPSA) is 32.3 Å². The summed E-state index contributed by atoms with van der Waals surface area (Å²) >= 11 is 0. The van der Waals surface area contributed by atoms with E-state index >= 15 is 0 Å². The lowest BCUT2D eigenvalue weighted by Gasteiger charge is -2.28. The molecule has 0 radical (unpaired) electrons. The first kappa shape index (κ1) is 26.1. The van der Waals surface area contributed by atoms with Gasteiger partial charge in [-0.05, 0) is 62.4 Å². The van der Waals surface area contributed by atoms with Crippen molar-refractivity contribution >= 4 is 11.4 Å². The molecule has 4 nitrogen and oxygen atoms in total. The number of aromatic nitrogens is 2. The molecule has 0 aliphatic rings. The van der Waals surface area contributed by atoms with E-state index in [-0.39, 0.29) is 11.1 Å². The van der Waals surface area contributed by atoms with Gasteiger partial charge in [0, 0.05) is 68.2 Å². The molecule has 0 saturated carbocycles. The van der Waals surface area contributed by atoms with Crippen LogP contribution >= 0.6 is 0 Å². The maximum Gasteiger partial charge on any atom is 0.135 e.